The molecule has 0 fully saturated rings. The monoisotopic (exact) mass is 310 g/mol. The number of carbonyl (C=O) groups excluding carboxylic acids is 1. The Morgan fingerprint density at radius 1 is 1.15 bits per heavy atom. The molecule has 7 heteroatoms. The van der Waals surface area contributed by atoms with E-state index in [0.29, 0.717) is 5.69 Å². The Hall–Kier alpha value is -2.11. The second-order valence-corrected chi connectivity index (χ2v) is 4.62. The van der Waals surface area contributed by atoms with E-state index < -0.39 is 11.9 Å². The van der Waals surface area contributed by atoms with Crippen LogP contribution >= 0.6 is 23.2 Å². The van der Waals surface area contributed by atoms with E-state index in [-0.39, 0.29) is 21.3 Å². The molecule has 0 saturated heterocycles. The fraction of sp³-hybridized carbons (Fsp3) is 0. The smallest absolute Gasteiger partial charge is 0.335 e. The lowest BCUT2D eigenvalue weighted by Gasteiger charge is -2.07. The van der Waals surface area contributed by atoms with Gasteiger partial charge in [-0.1, -0.05) is 23.2 Å². The van der Waals surface area contributed by atoms with E-state index in [2.05, 4.69) is 10.3 Å². The lowest BCUT2D eigenvalue weighted by atomic mass is 10.2. The summed E-state index contributed by atoms with van der Waals surface area (Å²) in [5.74, 6) is -1.49. The fourth-order valence-electron chi connectivity index (χ4n) is 1.48. The molecule has 1 amide bonds. The first-order chi connectivity index (χ1) is 9.47. The number of carboxylic acids is 1. The number of hydrogen-bond donors (Lipinski definition) is 2. The molecule has 0 saturated carbocycles. The summed E-state index contributed by atoms with van der Waals surface area (Å²) < 4.78 is 0. The quantitative estimate of drug-likeness (QED) is 0.852. The maximum Gasteiger partial charge on any atom is 0.335 e. The summed E-state index contributed by atoms with van der Waals surface area (Å²) >= 11 is 11.6. The molecule has 1 aromatic carbocycles. The zero-order valence-electron chi connectivity index (χ0n) is 9.93. The molecule has 2 N–H and O–H groups in total. The highest BCUT2D eigenvalue weighted by molar-refractivity contribution is 6.35. The third-order valence-electron chi connectivity index (χ3n) is 2.46. The number of pyridine rings is 1. The van der Waals surface area contributed by atoms with Crippen molar-refractivity contribution in [3.8, 4) is 0 Å². The van der Waals surface area contributed by atoms with Crippen molar-refractivity contribution >= 4 is 40.8 Å². The van der Waals surface area contributed by atoms with Gasteiger partial charge in [-0.15, -0.1) is 0 Å². The van der Waals surface area contributed by atoms with Gasteiger partial charge in [0.05, 0.1) is 16.1 Å². The molecule has 2 aromatic rings. The normalized spacial score (nSPS) is 10.1. The van der Waals surface area contributed by atoms with Crippen LogP contribution in [-0.4, -0.2) is 22.0 Å². The average Bonchev–Trinajstić information content (AvgIpc) is 2.42. The van der Waals surface area contributed by atoms with Gasteiger partial charge in [0.25, 0.3) is 5.91 Å². The number of carboxylic acid groups (broad SMARTS) is 1. The minimum atomic E-state index is -1.04. The number of aromatic nitrogens is 1. The number of anilines is 1. The molecule has 1 heterocycles. The molecule has 5 nitrogen and oxygen atoms in total. The summed E-state index contributed by atoms with van der Waals surface area (Å²) in [5.41, 5.74) is 0.769. The Labute approximate surface area is 124 Å². The SMILES string of the molecule is O=C(O)c1ccc(NC(=O)c2cc(Cl)ncc2Cl)cc1. The summed E-state index contributed by atoms with van der Waals surface area (Å²) in [6.07, 6.45) is 1.28. The van der Waals surface area contributed by atoms with Crippen molar-refractivity contribution in [1.82, 2.24) is 4.98 Å². The van der Waals surface area contributed by atoms with Crippen LogP contribution in [-0.2, 0) is 0 Å². The molecule has 2 rings (SSSR count). The summed E-state index contributed by atoms with van der Waals surface area (Å²) in [7, 11) is 0. The van der Waals surface area contributed by atoms with E-state index in [0.717, 1.165) is 0 Å². The molecule has 0 bridgehead atoms. The number of rotatable bonds is 3. The maximum absolute atomic E-state index is 12.0. The molecule has 0 aliphatic carbocycles. The van der Waals surface area contributed by atoms with Gasteiger partial charge in [0.1, 0.15) is 5.15 Å². The number of carbonyl (C=O) groups is 2. The molecule has 1 aromatic heterocycles. The van der Waals surface area contributed by atoms with Crippen LogP contribution in [0, 0.1) is 0 Å². The van der Waals surface area contributed by atoms with Crippen molar-refractivity contribution in [3.63, 3.8) is 0 Å². The largest absolute Gasteiger partial charge is 0.478 e. The third kappa shape index (κ3) is 3.26. The van der Waals surface area contributed by atoms with Gasteiger partial charge in [0.15, 0.2) is 0 Å². The minimum absolute atomic E-state index is 0.132. The fourth-order valence-corrected chi connectivity index (χ4v) is 1.83. The number of nitrogens with zero attached hydrogens (tertiary/aromatic N) is 1. The Morgan fingerprint density at radius 2 is 1.80 bits per heavy atom. The van der Waals surface area contributed by atoms with Gasteiger partial charge in [-0.05, 0) is 30.3 Å². The number of halogens is 2. The Kier molecular flexibility index (Phi) is 4.22. The van der Waals surface area contributed by atoms with Crippen LogP contribution in [0.4, 0.5) is 5.69 Å². The van der Waals surface area contributed by atoms with Crippen molar-refractivity contribution in [3.05, 3.63) is 57.8 Å². The van der Waals surface area contributed by atoms with Crippen LogP contribution in [0.3, 0.4) is 0 Å². The van der Waals surface area contributed by atoms with E-state index in [9.17, 15) is 9.59 Å². The second-order valence-electron chi connectivity index (χ2n) is 3.82. The van der Waals surface area contributed by atoms with Crippen LogP contribution in [0.2, 0.25) is 10.2 Å². The molecule has 0 spiro atoms. The van der Waals surface area contributed by atoms with E-state index in [4.69, 9.17) is 28.3 Å². The zero-order valence-corrected chi connectivity index (χ0v) is 11.4. The predicted molar refractivity (Wildman–Crippen MR) is 75.6 cm³/mol. The molecule has 0 unspecified atom stereocenters. The van der Waals surface area contributed by atoms with Crippen molar-refractivity contribution < 1.29 is 14.7 Å². The van der Waals surface area contributed by atoms with Crippen LogP contribution in [0.15, 0.2) is 36.5 Å². The highest BCUT2D eigenvalue weighted by Crippen LogP contribution is 2.20. The molecule has 0 aliphatic rings. The standard InChI is InChI=1S/C13H8Cl2N2O3/c14-10-6-16-11(15)5-9(10)12(18)17-8-3-1-7(2-4-8)13(19)20/h1-6H,(H,17,18)(H,19,20). The first-order valence-corrected chi connectivity index (χ1v) is 6.18. The van der Waals surface area contributed by atoms with Gasteiger partial charge >= 0.3 is 5.97 Å². The van der Waals surface area contributed by atoms with Crippen LogP contribution in [0.5, 0.6) is 0 Å². The number of aromatic carboxylic acids is 1. The number of hydrogen-bond acceptors (Lipinski definition) is 3. The number of nitrogens with one attached hydrogen (secondary N) is 1. The van der Waals surface area contributed by atoms with Crippen molar-refractivity contribution in [1.29, 1.82) is 0 Å². The average molecular weight is 311 g/mol. The highest BCUT2D eigenvalue weighted by Gasteiger charge is 2.12. The van der Waals surface area contributed by atoms with E-state index >= 15 is 0 Å². The third-order valence-corrected chi connectivity index (χ3v) is 2.96. The van der Waals surface area contributed by atoms with Gasteiger partial charge in [0, 0.05) is 11.9 Å². The lowest BCUT2D eigenvalue weighted by Crippen LogP contribution is -2.13. The minimum Gasteiger partial charge on any atom is -0.478 e. The molecular formula is C13H8Cl2N2O3. The van der Waals surface area contributed by atoms with Crippen molar-refractivity contribution in [2.45, 2.75) is 0 Å². The highest BCUT2D eigenvalue weighted by atomic mass is 35.5. The molecule has 102 valence electrons. The predicted octanol–water partition coefficient (Wildman–Crippen LogP) is 3.34. The van der Waals surface area contributed by atoms with E-state index in [1.165, 1.54) is 36.5 Å². The maximum atomic E-state index is 12.0. The Morgan fingerprint density at radius 3 is 2.40 bits per heavy atom. The lowest BCUT2D eigenvalue weighted by molar-refractivity contribution is 0.0696. The summed E-state index contributed by atoms with van der Waals surface area (Å²) in [5, 5.41) is 11.7. The Bertz CT molecular complexity index is 672. The summed E-state index contributed by atoms with van der Waals surface area (Å²) in [6, 6.07) is 7.10. The van der Waals surface area contributed by atoms with E-state index in [1.807, 2.05) is 0 Å². The second kappa shape index (κ2) is 5.90. The molecular weight excluding hydrogens is 303 g/mol. The zero-order chi connectivity index (χ0) is 14.7. The van der Waals surface area contributed by atoms with Gasteiger partial charge in [-0.3, -0.25) is 4.79 Å². The van der Waals surface area contributed by atoms with Gasteiger partial charge in [0.2, 0.25) is 0 Å². The summed E-state index contributed by atoms with van der Waals surface area (Å²) in [4.78, 5) is 26.5. The van der Waals surface area contributed by atoms with Gasteiger partial charge < -0.3 is 10.4 Å². The molecule has 0 aliphatic heterocycles. The first kappa shape index (κ1) is 14.3. The van der Waals surface area contributed by atoms with Crippen LogP contribution in [0.25, 0.3) is 0 Å². The van der Waals surface area contributed by atoms with Crippen molar-refractivity contribution in [2.75, 3.05) is 5.32 Å². The molecule has 0 radical (unpaired) electrons. The van der Waals surface area contributed by atoms with Crippen LogP contribution < -0.4 is 5.32 Å². The number of benzene rings is 1. The number of amides is 1. The van der Waals surface area contributed by atoms with Crippen molar-refractivity contribution in [2.24, 2.45) is 0 Å². The van der Waals surface area contributed by atoms with Crippen LogP contribution in [0.1, 0.15) is 20.7 Å². The topological polar surface area (TPSA) is 79.3 Å². The Balaban J connectivity index is 2.19. The molecule has 20 heavy (non-hydrogen) atoms. The summed E-state index contributed by atoms with van der Waals surface area (Å²) in [6.45, 7) is 0. The first-order valence-electron chi connectivity index (χ1n) is 5.43. The van der Waals surface area contributed by atoms with Gasteiger partial charge in [-0.2, -0.15) is 0 Å². The van der Waals surface area contributed by atoms with E-state index in [1.54, 1.807) is 0 Å². The molecule has 0 atom stereocenters. The van der Waals surface area contributed by atoms with Gasteiger partial charge in [-0.25, -0.2) is 9.78 Å².